The van der Waals surface area contributed by atoms with Crippen LogP contribution in [-0.2, 0) is 9.59 Å². The van der Waals surface area contributed by atoms with Gasteiger partial charge in [-0.2, -0.15) is 0 Å². The van der Waals surface area contributed by atoms with Crippen LogP contribution >= 0.6 is 0 Å². The third-order valence-electron chi connectivity index (χ3n) is 2.15. The molecule has 1 atom stereocenters. The minimum absolute atomic E-state index is 0.107. The van der Waals surface area contributed by atoms with Gasteiger partial charge in [-0.25, -0.2) is 0 Å². The number of carbonyl (C=O) groups is 2. The maximum absolute atomic E-state index is 11.4. The van der Waals surface area contributed by atoms with Gasteiger partial charge in [0.25, 0.3) is 0 Å². The van der Waals surface area contributed by atoms with E-state index in [1.807, 2.05) is 0 Å². The molecule has 3 nitrogen and oxygen atoms in total. The molecule has 1 aliphatic rings. The molecule has 3 heteroatoms. The van der Waals surface area contributed by atoms with Gasteiger partial charge in [0.05, 0.1) is 5.92 Å². The molecule has 0 bridgehead atoms. The number of Topliss-reactive ketones (excluding diaryl/α,β-unsaturated/α-hetero) is 1. The molecule has 1 rings (SSSR count). The highest BCUT2D eigenvalue weighted by atomic mass is 16.3. The molecule has 0 saturated heterocycles. The van der Waals surface area contributed by atoms with Gasteiger partial charge >= 0.3 is 0 Å². The Morgan fingerprint density at radius 2 is 2.29 bits per heavy atom. The van der Waals surface area contributed by atoms with Crippen LogP contribution in [0.2, 0.25) is 0 Å². The Kier molecular flexibility index (Phi) is 3.02. The van der Waals surface area contributed by atoms with Crippen molar-refractivity contribution in [3.8, 4) is 0 Å². The lowest BCUT2D eigenvalue weighted by molar-refractivity contribution is -0.120. The number of hydrogen-bond acceptors (Lipinski definition) is 3. The standard InChI is InChI=1S/C11H12O3/c1-3-4-8-9(13)5-6-10(14)11(8)7(2)12/h3,5-6,8,14H,1,4H2,2H3. The summed E-state index contributed by atoms with van der Waals surface area (Å²) in [6, 6.07) is 0. The largest absolute Gasteiger partial charge is 0.508 e. The maximum atomic E-state index is 11.4. The predicted molar refractivity (Wildman–Crippen MR) is 52.8 cm³/mol. The molecule has 0 aromatic carbocycles. The molecular formula is C11H12O3. The molecule has 0 saturated carbocycles. The zero-order chi connectivity index (χ0) is 10.7. The fourth-order valence-corrected chi connectivity index (χ4v) is 1.51. The Labute approximate surface area is 82.4 Å². The van der Waals surface area contributed by atoms with Crippen LogP contribution in [0.5, 0.6) is 0 Å². The zero-order valence-electron chi connectivity index (χ0n) is 7.99. The Balaban J connectivity index is 3.12. The third-order valence-corrected chi connectivity index (χ3v) is 2.15. The molecule has 1 unspecified atom stereocenters. The van der Waals surface area contributed by atoms with Crippen molar-refractivity contribution in [1.82, 2.24) is 0 Å². The van der Waals surface area contributed by atoms with Gasteiger partial charge in [0.15, 0.2) is 11.6 Å². The maximum Gasteiger partial charge on any atom is 0.163 e. The van der Waals surface area contributed by atoms with E-state index >= 15 is 0 Å². The van der Waals surface area contributed by atoms with Crippen molar-refractivity contribution in [2.75, 3.05) is 0 Å². The highest BCUT2D eigenvalue weighted by Crippen LogP contribution is 2.25. The highest BCUT2D eigenvalue weighted by Gasteiger charge is 2.28. The molecule has 0 amide bonds. The van der Waals surface area contributed by atoms with E-state index in [-0.39, 0.29) is 22.9 Å². The van der Waals surface area contributed by atoms with Crippen molar-refractivity contribution in [2.24, 2.45) is 5.92 Å². The second kappa shape index (κ2) is 4.05. The third kappa shape index (κ3) is 1.82. The first-order chi connectivity index (χ1) is 6.57. The van der Waals surface area contributed by atoms with E-state index in [2.05, 4.69) is 6.58 Å². The molecule has 0 fully saturated rings. The van der Waals surface area contributed by atoms with Crippen molar-refractivity contribution < 1.29 is 14.7 Å². The minimum Gasteiger partial charge on any atom is -0.508 e. The fourth-order valence-electron chi connectivity index (χ4n) is 1.51. The summed E-state index contributed by atoms with van der Waals surface area (Å²) in [6.07, 6.45) is 4.49. The van der Waals surface area contributed by atoms with E-state index in [0.29, 0.717) is 6.42 Å². The number of aliphatic hydroxyl groups excluding tert-OH is 1. The van der Waals surface area contributed by atoms with Crippen LogP contribution in [0.25, 0.3) is 0 Å². The molecule has 1 N–H and O–H groups in total. The number of carbonyl (C=O) groups excluding carboxylic acids is 2. The van der Waals surface area contributed by atoms with Crippen LogP contribution < -0.4 is 0 Å². The summed E-state index contributed by atoms with van der Waals surface area (Å²) in [5, 5.41) is 9.44. The number of hydrogen-bond donors (Lipinski definition) is 1. The average molecular weight is 192 g/mol. The summed E-state index contributed by atoms with van der Waals surface area (Å²) >= 11 is 0. The summed E-state index contributed by atoms with van der Waals surface area (Å²) in [7, 11) is 0. The Hall–Kier alpha value is -1.64. The summed E-state index contributed by atoms with van der Waals surface area (Å²) in [6.45, 7) is 4.86. The van der Waals surface area contributed by atoms with Crippen LogP contribution in [0.15, 0.2) is 36.1 Å². The number of aliphatic hydroxyl groups is 1. The first kappa shape index (κ1) is 10.4. The molecule has 0 spiro atoms. The van der Waals surface area contributed by atoms with E-state index in [9.17, 15) is 14.7 Å². The summed E-state index contributed by atoms with van der Waals surface area (Å²) in [4.78, 5) is 22.6. The molecule has 0 heterocycles. The molecule has 0 aromatic heterocycles. The van der Waals surface area contributed by atoms with Gasteiger partial charge < -0.3 is 5.11 Å². The van der Waals surface area contributed by atoms with E-state index in [0.717, 1.165) is 0 Å². The Morgan fingerprint density at radius 3 is 2.79 bits per heavy atom. The summed E-state index contributed by atoms with van der Waals surface area (Å²) in [5.41, 5.74) is 0.192. The lowest BCUT2D eigenvalue weighted by Crippen LogP contribution is -2.23. The molecule has 14 heavy (non-hydrogen) atoms. The van der Waals surface area contributed by atoms with Crippen LogP contribution in [0.4, 0.5) is 0 Å². The quantitative estimate of drug-likeness (QED) is 0.692. The zero-order valence-corrected chi connectivity index (χ0v) is 7.99. The van der Waals surface area contributed by atoms with Crippen molar-refractivity contribution in [2.45, 2.75) is 13.3 Å². The topological polar surface area (TPSA) is 54.4 Å². The monoisotopic (exact) mass is 192 g/mol. The molecule has 0 radical (unpaired) electrons. The van der Waals surface area contributed by atoms with Crippen LogP contribution in [0.1, 0.15) is 13.3 Å². The smallest absolute Gasteiger partial charge is 0.163 e. The molecular weight excluding hydrogens is 180 g/mol. The first-order valence-electron chi connectivity index (χ1n) is 4.34. The lowest BCUT2D eigenvalue weighted by atomic mass is 9.85. The van der Waals surface area contributed by atoms with Gasteiger partial charge in [-0.3, -0.25) is 9.59 Å². The Bertz CT molecular complexity index is 348. The fraction of sp³-hybridized carbons (Fsp3) is 0.273. The van der Waals surface area contributed by atoms with Gasteiger partial charge in [0, 0.05) is 5.57 Å². The number of rotatable bonds is 3. The molecule has 1 aliphatic carbocycles. The summed E-state index contributed by atoms with van der Waals surface area (Å²) < 4.78 is 0. The van der Waals surface area contributed by atoms with E-state index in [4.69, 9.17) is 0 Å². The minimum atomic E-state index is -0.560. The van der Waals surface area contributed by atoms with E-state index in [1.54, 1.807) is 6.08 Å². The summed E-state index contributed by atoms with van der Waals surface area (Å²) in [5.74, 6) is -1.10. The second-order valence-electron chi connectivity index (χ2n) is 3.17. The number of ketones is 2. The second-order valence-corrected chi connectivity index (χ2v) is 3.17. The highest BCUT2D eigenvalue weighted by molar-refractivity contribution is 6.06. The van der Waals surface area contributed by atoms with Gasteiger partial charge in [0.2, 0.25) is 0 Å². The van der Waals surface area contributed by atoms with Crippen molar-refractivity contribution >= 4 is 11.6 Å². The molecule has 0 aliphatic heterocycles. The molecule has 74 valence electrons. The average Bonchev–Trinajstić information content (AvgIpc) is 2.11. The van der Waals surface area contributed by atoms with Crippen molar-refractivity contribution in [1.29, 1.82) is 0 Å². The van der Waals surface area contributed by atoms with Crippen molar-refractivity contribution in [3.05, 3.63) is 36.1 Å². The van der Waals surface area contributed by atoms with Crippen LogP contribution in [0, 0.1) is 5.92 Å². The Morgan fingerprint density at radius 1 is 1.64 bits per heavy atom. The van der Waals surface area contributed by atoms with E-state index < -0.39 is 5.92 Å². The van der Waals surface area contributed by atoms with Gasteiger partial charge in [0.1, 0.15) is 5.76 Å². The first-order valence-corrected chi connectivity index (χ1v) is 4.34. The van der Waals surface area contributed by atoms with Gasteiger partial charge in [-0.05, 0) is 25.5 Å². The van der Waals surface area contributed by atoms with Gasteiger partial charge in [-0.15, -0.1) is 6.58 Å². The predicted octanol–water partition coefficient (Wildman–Crippen LogP) is 1.72. The van der Waals surface area contributed by atoms with Crippen LogP contribution in [0.3, 0.4) is 0 Å². The van der Waals surface area contributed by atoms with Gasteiger partial charge in [-0.1, -0.05) is 6.08 Å². The van der Waals surface area contributed by atoms with Crippen LogP contribution in [-0.4, -0.2) is 16.7 Å². The lowest BCUT2D eigenvalue weighted by Gasteiger charge is -2.18. The normalized spacial score (nSPS) is 21.2. The SMILES string of the molecule is C=CCC1C(=O)C=CC(O)=C1C(C)=O. The van der Waals surface area contributed by atoms with E-state index in [1.165, 1.54) is 19.1 Å². The number of allylic oxidation sites excluding steroid dienone is 4. The molecule has 0 aromatic rings. The van der Waals surface area contributed by atoms with Crippen molar-refractivity contribution in [3.63, 3.8) is 0 Å².